The number of hydrogen-bond acceptors (Lipinski definition) is 8. The van der Waals surface area contributed by atoms with E-state index in [4.69, 9.17) is 14.6 Å². The molecule has 35 heavy (non-hydrogen) atoms. The number of amides is 1. The van der Waals surface area contributed by atoms with E-state index in [2.05, 4.69) is 30.6 Å². The number of rotatable bonds is 7. The Morgan fingerprint density at radius 3 is 2.94 bits per heavy atom. The van der Waals surface area contributed by atoms with E-state index in [-0.39, 0.29) is 30.2 Å². The predicted molar refractivity (Wildman–Crippen MR) is 125 cm³/mol. The predicted octanol–water partition coefficient (Wildman–Crippen LogP) is 3.62. The molecule has 0 bridgehead atoms. The second-order valence-electron chi connectivity index (χ2n) is 7.52. The van der Waals surface area contributed by atoms with E-state index < -0.39 is 5.82 Å². The number of anilines is 1. The molecule has 4 aromatic heterocycles. The van der Waals surface area contributed by atoms with Crippen molar-refractivity contribution in [2.75, 3.05) is 11.9 Å². The van der Waals surface area contributed by atoms with Gasteiger partial charge in [0.1, 0.15) is 22.2 Å². The van der Waals surface area contributed by atoms with E-state index in [0.717, 1.165) is 18.4 Å². The van der Waals surface area contributed by atoms with Gasteiger partial charge in [-0.2, -0.15) is 10.2 Å². The molecule has 13 heteroatoms. The normalized spacial score (nSPS) is 16.6. The Morgan fingerprint density at radius 2 is 2.26 bits per heavy atom. The van der Waals surface area contributed by atoms with Gasteiger partial charge in [-0.15, -0.1) is 11.3 Å². The van der Waals surface area contributed by atoms with Crippen LogP contribution in [0.2, 0.25) is 0 Å². The molecule has 4 aromatic rings. The van der Waals surface area contributed by atoms with E-state index >= 15 is 0 Å². The molecular weight excluding hydrogens is 477 g/mol. The van der Waals surface area contributed by atoms with Crippen LogP contribution in [-0.4, -0.2) is 60.1 Å². The van der Waals surface area contributed by atoms with Gasteiger partial charge in [0, 0.05) is 42.2 Å². The number of carboxylic acid groups (broad SMARTS) is 1. The van der Waals surface area contributed by atoms with Gasteiger partial charge < -0.3 is 15.2 Å². The fourth-order valence-electron chi connectivity index (χ4n) is 3.58. The zero-order valence-corrected chi connectivity index (χ0v) is 19.4. The van der Waals surface area contributed by atoms with Crippen LogP contribution in [0.5, 0.6) is 0 Å². The second-order valence-corrected chi connectivity index (χ2v) is 8.38. The van der Waals surface area contributed by atoms with Crippen molar-refractivity contribution in [3.63, 3.8) is 0 Å². The van der Waals surface area contributed by atoms with E-state index in [1.54, 1.807) is 28.7 Å². The lowest BCUT2D eigenvalue weighted by atomic mass is 9.89. The molecule has 0 spiro atoms. The fraction of sp³-hybridized carbons (Fsp3) is 0.273. The Labute approximate surface area is 203 Å². The average Bonchev–Trinajstić information content (AvgIpc) is 3.57. The lowest BCUT2D eigenvalue weighted by Crippen LogP contribution is -2.33. The molecule has 4 heterocycles. The Kier molecular flexibility index (Phi) is 7.57. The van der Waals surface area contributed by atoms with Crippen LogP contribution < -0.4 is 5.32 Å². The van der Waals surface area contributed by atoms with Crippen LogP contribution in [-0.2, 0) is 9.53 Å². The molecule has 0 saturated heterocycles. The SMILES string of the molecule is CCO[C@H]1C[C@H](n2cc(NC(=O)c3csc(-c4cn[nH]c4)n3)c(-c3cc(F)ccn3)n2)C1.O=CO. The summed E-state index contributed by atoms with van der Waals surface area (Å²) in [6.45, 7) is 2.39. The van der Waals surface area contributed by atoms with Gasteiger partial charge in [0.25, 0.3) is 12.4 Å². The highest BCUT2D eigenvalue weighted by atomic mass is 32.1. The minimum atomic E-state index is -0.425. The smallest absolute Gasteiger partial charge is 0.290 e. The highest BCUT2D eigenvalue weighted by molar-refractivity contribution is 7.13. The largest absolute Gasteiger partial charge is 0.483 e. The number of aromatic nitrogens is 6. The van der Waals surface area contributed by atoms with Crippen molar-refractivity contribution in [1.29, 1.82) is 0 Å². The van der Waals surface area contributed by atoms with Gasteiger partial charge in [-0.05, 0) is 25.8 Å². The number of nitrogens with one attached hydrogen (secondary N) is 2. The first-order chi connectivity index (χ1) is 17.0. The highest BCUT2D eigenvalue weighted by Gasteiger charge is 2.32. The summed E-state index contributed by atoms with van der Waals surface area (Å²) in [5.74, 6) is -0.805. The van der Waals surface area contributed by atoms with Crippen LogP contribution in [0.15, 0.2) is 42.3 Å². The molecule has 0 aliphatic heterocycles. The number of halogens is 1. The molecule has 1 fully saturated rings. The molecule has 11 nitrogen and oxygen atoms in total. The molecule has 0 radical (unpaired) electrons. The maximum absolute atomic E-state index is 13.8. The van der Waals surface area contributed by atoms with Gasteiger partial charge in [0.05, 0.1) is 29.7 Å². The lowest BCUT2D eigenvalue weighted by molar-refractivity contribution is -0.122. The number of carbonyl (C=O) groups excluding carboxylic acids is 1. The van der Waals surface area contributed by atoms with E-state index in [1.165, 1.54) is 29.7 Å². The van der Waals surface area contributed by atoms with Crippen molar-refractivity contribution >= 4 is 29.4 Å². The van der Waals surface area contributed by atoms with Gasteiger partial charge in [-0.25, -0.2) is 9.37 Å². The summed E-state index contributed by atoms with van der Waals surface area (Å²) in [7, 11) is 0. The topological polar surface area (TPSA) is 148 Å². The van der Waals surface area contributed by atoms with Crippen molar-refractivity contribution in [3.05, 3.63) is 53.8 Å². The van der Waals surface area contributed by atoms with Gasteiger partial charge in [-0.1, -0.05) is 0 Å². The molecule has 5 rings (SSSR count). The molecule has 3 N–H and O–H groups in total. The summed E-state index contributed by atoms with van der Waals surface area (Å²) in [4.78, 5) is 29.9. The lowest BCUT2D eigenvalue weighted by Gasteiger charge is -2.34. The van der Waals surface area contributed by atoms with E-state index in [0.29, 0.717) is 28.7 Å². The molecule has 1 aliphatic rings. The third kappa shape index (κ3) is 5.58. The van der Waals surface area contributed by atoms with Crippen LogP contribution in [0.3, 0.4) is 0 Å². The Bertz CT molecular complexity index is 1280. The first kappa shape index (κ1) is 24.2. The van der Waals surface area contributed by atoms with Crippen LogP contribution >= 0.6 is 11.3 Å². The van der Waals surface area contributed by atoms with Gasteiger partial charge >= 0.3 is 0 Å². The summed E-state index contributed by atoms with van der Waals surface area (Å²) in [6.07, 6.45) is 8.37. The molecule has 0 unspecified atom stereocenters. The summed E-state index contributed by atoms with van der Waals surface area (Å²) < 4.78 is 21.3. The number of aromatic amines is 1. The molecule has 0 atom stereocenters. The Hall–Kier alpha value is -3.97. The number of nitrogens with zero attached hydrogens (tertiary/aromatic N) is 5. The fourth-order valence-corrected chi connectivity index (χ4v) is 4.37. The van der Waals surface area contributed by atoms with Crippen LogP contribution in [0.25, 0.3) is 22.0 Å². The van der Waals surface area contributed by atoms with Gasteiger partial charge in [-0.3, -0.25) is 24.4 Å². The molecular formula is C22H22FN7O4S. The first-order valence-corrected chi connectivity index (χ1v) is 11.6. The molecule has 1 aliphatic carbocycles. The summed E-state index contributed by atoms with van der Waals surface area (Å²) >= 11 is 1.35. The summed E-state index contributed by atoms with van der Waals surface area (Å²) in [6, 6.07) is 2.71. The molecule has 0 aromatic carbocycles. The minimum Gasteiger partial charge on any atom is -0.483 e. The van der Waals surface area contributed by atoms with Crippen molar-refractivity contribution < 1.29 is 23.8 Å². The van der Waals surface area contributed by atoms with Crippen molar-refractivity contribution in [3.8, 4) is 22.0 Å². The Morgan fingerprint density at radius 1 is 1.46 bits per heavy atom. The Balaban J connectivity index is 0.000000917. The molecule has 1 amide bonds. The zero-order valence-electron chi connectivity index (χ0n) is 18.6. The summed E-state index contributed by atoms with van der Waals surface area (Å²) in [5, 5.41) is 23.4. The van der Waals surface area contributed by atoms with Gasteiger partial charge in [0.15, 0.2) is 0 Å². The second kappa shape index (κ2) is 11.0. The number of hydrogen-bond donors (Lipinski definition) is 3. The zero-order chi connectivity index (χ0) is 24.8. The van der Waals surface area contributed by atoms with E-state index in [1.807, 2.05) is 6.92 Å². The quantitative estimate of drug-likeness (QED) is 0.327. The number of carbonyl (C=O) groups is 2. The number of thiazole rings is 1. The molecule has 182 valence electrons. The van der Waals surface area contributed by atoms with Crippen LogP contribution in [0, 0.1) is 5.82 Å². The minimum absolute atomic E-state index is 0.150. The maximum atomic E-state index is 13.8. The monoisotopic (exact) mass is 499 g/mol. The third-order valence-electron chi connectivity index (χ3n) is 5.27. The van der Waals surface area contributed by atoms with Crippen molar-refractivity contribution in [2.24, 2.45) is 0 Å². The van der Waals surface area contributed by atoms with Crippen LogP contribution in [0.4, 0.5) is 10.1 Å². The maximum Gasteiger partial charge on any atom is 0.290 e. The number of H-pyrrole nitrogens is 1. The number of ether oxygens (including phenoxy) is 1. The van der Waals surface area contributed by atoms with Crippen molar-refractivity contribution in [1.82, 2.24) is 29.9 Å². The standard InChI is InChI=1S/C21H20FN7O2S.CH2O2/c1-2-31-15-6-14(7-15)29-10-17(19(28-29)16-5-13(22)3-4-23-16)26-20(30)18-11-32-21(27-18)12-8-24-25-9-12;2-1-3/h3-5,8-11,14-15H,2,6-7H2,1H3,(H,24,25)(H,26,30);1H,(H,2,3)/t14-,15-;. The van der Waals surface area contributed by atoms with Gasteiger partial charge in [0.2, 0.25) is 0 Å². The van der Waals surface area contributed by atoms with E-state index in [9.17, 15) is 9.18 Å². The number of pyridine rings is 1. The van der Waals surface area contributed by atoms with Crippen LogP contribution in [0.1, 0.15) is 36.3 Å². The average molecular weight is 500 g/mol. The first-order valence-electron chi connectivity index (χ1n) is 10.7. The highest BCUT2D eigenvalue weighted by Crippen LogP contribution is 2.37. The summed E-state index contributed by atoms with van der Waals surface area (Å²) in [5.41, 5.74) is 2.28. The molecule has 1 saturated carbocycles. The van der Waals surface area contributed by atoms with Crippen molar-refractivity contribution in [2.45, 2.75) is 31.9 Å². The third-order valence-corrected chi connectivity index (χ3v) is 6.16.